The van der Waals surface area contributed by atoms with E-state index < -0.39 is 8.03 Å². The van der Waals surface area contributed by atoms with Gasteiger partial charge in [0.05, 0.1) is 0 Å². The Balaban J connectivity index is 2.86. The van der Waals surface area contributed by atoms with Crippen molar-refractivity contribution < 1.29 is 9.46 Å². The van der Waals surface area contributed by atoms with Gasteiger partial charge in [-0.1, -0.05) is 43.6 Å². The van der Waals surface area contributed by atoms with Crippen LogP contribution in [0.3, 0.4) is 0 Å². The molecule has 0 aliphatic rings. The maximum atomic E-state index is 10.2. The van der Waals surface area contributed by atoms with Gasteiger partial charge >= 0.3 is 8.03 Å². The average Bonchev–Trinajstić information content (AvgIpc) is 2.02. The lowest BCUT2D eigenvalue weighted by molar-refractivity contribution is -0.164. The predicted octanol–water partition coefficient (Wildman–Crippen LogP) is 2.84. The van der Waals surface area contributed by atoms with Crippen molar-refractivity contribution in [2.75, 3.05) is 6.16 Å². The van der Waals surface area contributed by atoms with E-state index >= 15 is 0 Å². The van der Waals surface area contributed by atoms with Crippen LogP contribution in [0.5, 0.6) is 0 Å². The Kier molecular flexibility index (Phi) is 9.20. The molecule has 72 valence electrons. The van der Waals surface area contributed by atoms with Gasteiger partial charge in [0.1, 0.15) is 6.16 Å². The molecule has 12 heavy (non-hydrogen) atoms. The van der Waals surface area contributed by atoms with Crippen LogP contribution >= 0.6 is 8.03 Å². The number of hydrogen-bond acceptors (Lipinski definition) is 2. The lowest BCUT2D eigenvalue weighted by Crippen LogP contribution is -1.91. The van der Waals surface area contributed by atoms with Gasteiger partial charge in [0, 0.05) is 0 Å². The van der Waals surface area contributed by atoms with Crippen LogP contribution in [0.1, 0.15) is 51.9 Å². The number of unbranched alkanes of at least 4 members (excludes halogenated alkanes) is 6. The normalized spacial score (nSPS) is 11.7. The van der Waals surface area contributed by atoms with Crippen molar-refractivity contribution in [1.29, 1.82) is 0 Å². The van der Waals surface area contributed by atoms with Gasteiger partial charge in [-0.15, -0.1) is 0 Å². The molecule has 0 heterocycles. The molecule has 0 fully saturated rings. The molecular weight excluding hydrogens is 171 g/mol. The summed E-state index contributed by atoms with van der Waals surface area (Å²) in [5, 5.41) is 0. The minimum Gasteiger partial charge on any atom is -0.596 e. The van der Waals surface area contributed by atoms with E-state index in [1.165, 1.54) is 32.1 Å². The van der Waals surface area contributed by atoms with Crippen molar-refractivity contribution in [1.82, 2.24) is 0 Å². The highest BCUT2D eigenvalue weighted by Gasteiger charge is 1.98. The summed E-state index contributed by atoms with van der Waals surface area (Å²) < 4.78 is 10.2. The van der Waals surface area contributed by atoms with Crippen LogP contribution in [-0.4, -0.2) is 6.16 Å². The Morgan fingerprint density at radius 1 is 1.00 bits per heavy atom. The Morgan fingerprint density at radius 2 is 1.50 bits per heavy atom. The Hall–Kier alpha value is 0.0600. The van der Waals surface area contributed by atoms with Gasteiger partial charge in [0.2, 0.25) is 0 Å². The number of rotatable bonds is 8. The topological polar surface area (TPSA) is 40.1 Å². The van der Waals surface area contributed by atoms with Gasteiger partial charge in [0.25, 0.3) is 0 Å². The highest BCUT2D eigenvalue weighted by Crippen LogP contribution is 2.13. The summed E-state index contributed by atoms with van der Waals surface area (Å²) in [6.45, 7) is 2.20. The van der Waals surface area contributed by atoms with Crippen molar-refractivity contribution in [2.45, 2.75) is 51.9 Å². The fourth-order valence-electron chi connectivity index (χ4n) is 1.20. The van der Waals surface area contributed by atoms with Crippen LogP contribution in [0, 0.1) is 0 Å². The summed E-state index contributed by atoms with van der Waals surface area (Å²) in [4.78, 5) is 10.2. The van der Waals surface area contributed by atoms with Crippen LogP contribution in [0.2, 0.25) is 0 Å². The van der Waals surface area contributed by atoms with Crippen LogP contribution in [-0.2, 0) is 4.57 Å². The first kappa shape index (κ1) is 12.1. The van der Waals surface area contributed by atoms with Gasteiger partial charge < -0.3 is 4.89 Å². The molecule has 0 N–H and O–H groups in total. The molecule has 0 spiro atoms. The fraction of sp³-hybridized carbons (Fsp3) is 1.00. The molecule has 0 bridgehead atoms. The zero-order chi connectivity index (χ0) is 9.23. The van der Waals surface area contributed by atoms with E-state index in [4.69, 9.17) is 0 Å². The minimum absolute atomic E-state index is 0.378. The Bertz CT molecular complexity index is 115. The number of hydrogen-bond donors (Lipinski definition) is 0. The Morgan fingerprint density at radius 3 is 2.00 bits per heavy atom. The van der Waals surface area contributed by atoms with Crippen molar-refractivity contribution in [3.05, 3.63) is 0 Å². The molecule has 0 amide bonds. The average molecular weight is 190 g/mol. The molecule has 3 heteroatoms. The fourth-order valence-corrected chi connectivity index (χ4v) is 1.68. The molecule has 0 aromatic carbocycles. The molecule has 1 atom stereocenters. The van der Waals surface area contributed by atoms with Crippen LogP contribution in [0.15, 0.2) is 0 Å². The highest BCUT2D eigenvalue weighted by molar-refractivity contribution is 7.36. The second-order valence-corrected chi connectivity index (χ2v) is 4.29. The first-order valence-electron chi connectivity index (χ1n) is 4.89. The van der Waals surface area contributed by atoms with Gasteiger partial charge in [0.15, 0.2) is 0 Å². The van der Waals surface area contributed by atoms with Crippen molar-refractivity contribution in [3.63, 3.8) is 0 Å². The molecule has 0 saturated heterocycles. The van der Waals surface area contributed by atoms with E-state index in [-0.39, 0.29) is 0 Å². The largest absolute Gasteiger partial charge is 0.596 e. The van der Waals surface area contributed by atoms with E-state index in [2.05, 4.69) is 6.92 Å². The van der Waals surface area contributed by atoms with Crippen molar-refractivity contribution >= 4 is 8.03 Å². The molecule has 0 radical (unpaired) electrons. The van der Waals surface area contributed by atoms with E-state index in [1.54, 1.807) is 0 Å². The van der Waals surface area contributed by atoms with E-state index in [0.717, 1.165) is 12.8 Å². The maximum absolute atomic E-state index is 10.2. The zero-order valence-electron chi connectivity index (χ0n) is 7.92. The summed E-state index contributed by atoms with van der Waals surface area (Å²) in [5.41, 5.74) is 0. The monoisotopic (exact) mass is 190 g/mol. The summed E-state index contributed by atoms with van der Waals surface area (Å²) in [5.74, 6) is 0. The molecule has 0 aromatic heterocycles. The first-order valence-corrected chi connectivity index (χ1v) is 6.25. The first-order chi connectivity index (χ1) is 5.77. The van der Waals surface area contributed by atoms with E-state index in [1.807, 2.05) is 0 Å². The predicted molar refractivity (Wildman–Crippen MR) is 50.5 cm³/mol. The third kappa shape index (κ3) is 10.1. The van der Waals surface area contributed by atoms with Gasteiger partial charge in [-0.2, -0.15) is 0 Å². The zero-order valence-corrected chi connectivity index (χ0v) is 8.81. The molecule has 1 unspecified atom stereocenters. The molecular formula is C9H19O2P. The van der Waals surface area contributed by atoms with Crippen LogP contribution in [0.25, 0.3) is 0 Å². The summed E-state index contributed by atoms with van der Waals surface area (Å²) >= 11 is 0. The molecule has 0 aliphatic carbocycles. The third-order valence-electron chi connectivity index (χ3n) is 1.94. The lowest BCUT2D eigenvalue weighted by Gasteiger charge is -1.97. The SMILES string of the molecule is CCCCCCCCC[P+](=O)[O-]. The van der Waals surface area contributed by atoms with Crippen molar-refractivity contribution in [3.8, 4) is 0 Å². The van der Waals surface area contributed by atoms with Gasteiger partial charge in [-0.05, 0) is 12.8 Å². The van der Waals surface area contributed by atoms with Crippen molar-refractivity contribution in [2.24, 2.45) is 0 Å². The van der Waals surface area contributed by atoms with Crippen LogP contribution < -0.4 is 4.89 Å². The Labute approximate surface area is 76.2 Å². The molecule has 0 aromatic rings. The van der Waals surface area contributed by atoms with E-state index in [9.17, 15) is 9.46 Å². The van der Waals surface area contributed by atoms with Gasteiger partial charge in [-0.25, -0.2) is 0 Å². The van der Waals surface area contributed by atoms with Gasteiger partial charge in [-0.3, -0.25) is 0 Å². The third-order valence-corrected chi connectivity index (χ3v) is 2.63. The standard InChI is InChI=1S/C9H19O2P/c1-2-3-4-5-6-7-8-9-12(10)11/h2-9H2,1H3. The summed E-state index contributed by atoms with van der Waals surface area (Å²) in [7, 11) is -2.13. The molecule has 0 rings (SSSR count). The second-order valence-electron chi connectivity index (χ2n) is 3.18. The lowest BCUT2D eigenvalue weighted by atomic mass is 10.1. The minimum atomic E-state index is -2.13. The quantitative estimate of drug-likeness (QED) is 0.436. The smallest absolute Gasteiger partial charge is 0.308 e. The van der Waals surface area contributed by atoms with E-state index in [0.29, 0.717) is 6.16 Å². The highest BCUT2D eigenvalue weighted by atomic mass is 31.1. The maximum Gasteiger partial charge on any atom is 0.308 e. The molecule has 0 saturated carbocycles. The molecule has 2 nitrogen and oxygen atoms in total. The molecule has 0 aliphatic heterocycles. The summed E-state index contributed by atoms with van der Waals surface area (Å²) in [6, 6.07) is 0. The second kappa shape index (κ2) is 9.15. The van der Waals surface area contributed by atoms with Crippen LogP contribution in [0.4, 0.5) is 0 Å². The summed E-state index contributed by atoms with van der Waals surface area (Å²) in [6.07, 6.45) is 8.66.